The molecule has 0 radical (unpaired) electrons. The monoisotopic (exact) mass is 297 g/mol. The number of carboxylic acids is 1. The number of nitrogens with zero attached hydrogens (tertiary/aromatic N) is 1. The summed E-state index contributed by atoms with van der Waals surface area (Å²) in [5.74, 6) is -0.761. The third-order valence-corrected chi connectivity index (χ3v) is 3.36. The fourth-order valence-electron chi connectivity index (χ4n) is 2.30. The van der Waals surface area contributed by atoms with Gasteiger partial charge < -0.3 is 10.3 Å². The molecular weight excluding hydrogens is 278 g/mol. The number of hydrogen-bond donors (Lipinski definition) is 1. The average Bonchev–Trinajstić information content (AvgIpc) is 2.51. The standard InChI is InChI=1S/C18H19NO3/c20-18(21)12-6-2-5-11-17(15-8-3-1-4-9-15)16-10-7-13-19(22)14-16/h1,3-4,7-11,13-14H,2,5-6,12H2,(H,20,21)/b17-11+. The Morgan fingerprint density at radius 3 is 2.50 bits per heavy atom. The second-order valence-electron chi connectivity index (χ2n) is 5.08. The summed E-state index contributed by atoms with van der Waals surface area (Å²) in [6.07, 6.45) is 7.53. The van der Waals surface area contributed by atoms with Crippen molar-refractivity contribution in [1.29, 1.82) is 0 Å². The number of hydrogen-bond acceptors (Lipinski definition) is 2. The summed E-state index contributed by atoms with van der Waals surface area (Å²) < 4.78 is 0.788. The lowest BCUT2D eigenvalue weighted by atomic mass is 9.97. The van der Waals surface area contributed by atoms with Gasteiger partial charge in [0.15, 0.2) is 12.4 Å². The second kappa shape index (κ2) is 7.98. The molecule has 0 atom stereocenters. The molecule has 2 rings (SSSR count). The molecule has 0 bridgehead atoms. The predicted octanol–water partition coefficient (Wildman–Crippen LogP) is 3.40. The Bertz CT molecular complexity index is 650. The number of carboxylic acid groups (broad SMARTS) is 1. The summed E-state index contributed by atoms with van der Waals surface area (Å²) in [4.78, 5) is 10.5. The van der Waals surface area contributed by atoms with E-state index in [0.717, 1.165) is 34.3 Å². The number of rotatable bonds is 7. The van der Waals surface area contributed by atoms with Gasteiger partial charge in [0.2, 0.25) is 0 Å². The van der Waals surface area contributed by atoms with Crippen LogP contribution in [0.2, 0.25) is 0 Å². The van der Waals surface area contributed by atoms with Gasteiger partial charge in [0.25, 0.3) is 0 Å². The van der Waals surface area contributed by atoms with Crippen LogP contribution in [0.15, 0.2) is 60.9 Å². The Kier molecular flexibility index (Phi) is 5.72. The smallest absolute Gasteiger partial charge is 0.303 e. The van der Waals surface area contributed by atoms with E-state index in [1.54, 1.807) is 12.3 Å². The van der Waals surface area contributed by atoms with Crippen molar-refractivity contribution >= 4 is 11.5 Å². The zero-order chi connectivity index (χ0) is 15.8. The van der Waals surface area contributed by atoms with Gasteiger partial charge in [-0.25, -0.2) is 0 Å². The third-order valence-electron chi connectivity index (χ3n) is 3.36. The minimum atomic E-state index is -0.761. The van der Waals surface area contributed by atoms with E-state index in [9.17, 15) is 10.0 Å². The van der Waals surface area contributed by atoms with Crippen molar-refractivity contribution in [3.63, 3.8) is 0 Å². The highest BCUT2D eigenvalue weighted by Gasteiger charge is 2.07. The van der Waals surface area contributed by atoms with E-state index < -0.39 is 5.97 Å². The molecule has 0 aliphatic rings. The molecule has 0 fully saturated rings. The van der Waals surface area contributed by atoms with Gasteiger partial charge in [-0.1, -0.05) is 36.4 Å². The first-order valence-corrected chi connectivity index (χ1v) is 7.33. The van der Waals surface area contributed by atoms with Crippen LogP contribution in [-0.2, 0) is 4.79 Å². The van der Waals surface area contributed by atoms with Crippen molar-refractivity contribution in [2.24, 2.45) is 0 Å². The lowest BCUT2D eigenvalue weighted by molar-refractivity contribution is -0.605. The minimum Gasteiger partial charge on any atom is -0.619 e. The van der Waals surface area contributed by atoms with Crippen molar-refractivity contribution in [2.75, 3.05) is 0 Å². The fourth-order valence-corrected chi connectivity index (χ4v) is 2.30. The molecule has 1 aromatic carbocycles. The van der Waals surface area contributed by atoms with E-state index in [1.807, 2.05) is 36.4 Å². The van der Waals surface area contributed by atoms with Crippen LogP contribution in [0.4, 0.5) is 0 Å². The molecular formula is C18H19NO3. The molecule has 4 heteroatoms. The maximum absolute atomic E-state index is 11.5. The molecule has 0 aliphatic carbocycles. The van der Waals surface area contributed by atoms with Crippen molar-refractivity contribution in [3.8, 4) is 0 Å². The molecule has 4 nitrogen and oxygen atoms in total. The van der Waals surface area contributed by atoms with Crippen LogP contribution in [0.3, 0.4) is 0 Å². The molecule has 2 aromatic rings. The van der Waals surface area contributed by atoms with E-state index in [1.165, 1.54) is 6.20 Å². The minimum absolute atomic E-state index is 0.195. The molecule has 0 saturated carbocycles. The van der Waals surface area contributed by atoms with Gasteiger partial charge >= 0.3 is 5.97 Å². The largest absolute Gasteiger partial charge is 0.619 e. The number of aliphatic carboxylic acids is 1. The summed E-state index contributed by atoms with van der Waals surface area (Å²) in [6, 6.07) is 13.5. The van der Waals surface area contributed by atoms with Crippen LogP contribution in [0.1, 0.15) is 36.8 Å². The second-order valence-corrected chi connectivity index (χ2v) is 5.08. The van der Waals surface area contributed by atoms with Crippen molar-refractivity contribution in [3.05, 3.63) is 77.3 Å². The van der Waals surface area contributed by atoms with Crippen molar-refractivity contribution < 1.29 is 14.6 Å². The van der Waals surface area contributed by atoms with Crippen LogP contribution in [0.25, 0.3) is 5.57 Å². The molecule has 114 valence electrons. The summed E-state index contributed by atoms with van der Waals surface area (Å²) in [6.45, 7) is 0. The van der Waals surface area contributed by atoms with Gasteiger partial charge in [-0.05, 0) is 36.5 Å². The zero-order valence-electron chi connectivity index (χ0n) is 12.3. The highest BCUT2D eigenvalue weighted by molar-refractivity contribution is 5.79. The highest BCUT2D eigenvalue weighted by atomic mass is 16.5. The number of aromatic nitrogens is 1. The van der Waals surface area contributed by atoms with Crippen LogP contribution in [-0.4, -0.2) is 11.1 Å². The number of allylic oxidation sites excluding steroid dienone is 1. The third kappa shape index (κ3) is 4.74. The Labute approximate surface area is 129 Å². The first kappa shape index (κ1) is 15.8. The number of unbranched alkanes of at least 4 members (excludes halogenated alkanes) is 2. The first-order valence-electron chi connectivity index (χ1n) is 7.33. The molecule has 1 N–H and O–H groups in total. The van der Waals surface area contributed by atoms with Crippen LogP contribution in [0.5, 0.6) is 0 Å². The summed E-state index contributed by atoms with van der Waals surface area (Å²) in [7, 11) is 0. The predicted molar refractivity (Wildman–Crippen MR) is 85.0 cm³/mol. The molecule has 0 unspecified atom stereocenters. The van der Waals surface area contributed by atoms with E-state index in [4.69, 9.17) is 5.11 Å². The van der Waals surface area contributed by atoms with E-state index in [0.29, 0.717) is 6.42 Å². The highest BCUT2D eigenvalue weighted by Crippen LogP contribution is 2.23. The molecule has 0 amide bonds. The lowest BCUT2D eigenvalue weighted by Crippen LogP contribution is -2.24. The van der Waals surface area contributed by atoms with Gasteiger partial charge in [-0.3, -0.25) is 4.79 Å². The quantitative estimate of drug-likeness (QED) is 0.484. The van der Waals surface area contributed by atoms with Crippen molar-refractivity contribution in [2.45, 2.75) is 25.7 Å². The van der Waals surface area contributed by atoms with Gasteiger partial charge in [-0.2, -0.15) is 4.73 Å². The van der Waals surface area contributed by atoms with E-state index in [-0.39, 0.29) is 6.42 Å². The summed E-state index contributed by atoms with van der Waals surface area (Å²) >= 11 is 0. The van der Waals surface area contributed by atoms with Crippen LogP contribution in [0, 0.1) is 5.21 Å². The summed E-state index contributed by atoms with van der Waals surface area (Å²) in [5.41, 5.74) is 2.91. The molecule has 22 heavy (non-hydrogen) atoms. The fraction of sp³-hybridized carbons (Fsp3) is 0.222. The Morgan fingerprint density at radius 1 is 1.09 bits per heavy atom. The van der Waals surface area contributed by atoms with Crippen LogP contribution < -0.4 is 4.73 Å². The summed E-state index contributed by atoms with van der Waals surface area (Å²) in [5, 5.41) is 20.2. The maximum atomic E-state index is 11.5. The molecule has 1 aromatic heterocycles. The van der Waals surface area contributed by atoms with Gasteiger partial charge in [-0.15, -0.1) is 0 Å². The SMILES string of the molecule is O=C(O)CCCC/C=C(\c1ccccc1)c1ccc[n+]([O-])c1. The first-order chi connectivity index (χ1) is 10.7. The normalized spacial score (nSPS) is 11.4. The number of carbonyl (C=O) groups is 1. The molecule has 0 aliphatic heterocycles. The Morgan fingerprint density at radius 2 is 1.82 bits per heavy atom. The van der Waals surface area contributed by atoms with Gasteiger partial charge in [0.1, 0.15) is 0 Å². The van der Waals surface area contributed by atoms with Gasteiger partial charge in [0, 0.05) is 18.1 Å². The Balaban J connectivity index is 2.17. The van der Waals surface area contributed by atoms with Crippen molar-refractivity contribution in [1.82, 2.24) is 0 Å². The number of benzene rings is 1. The number of pyridine rings is 1. The zero-order valence-corrected chi connectivity index (χ0v) is 12.3. The Hall–Kier alpha value is -2.62. The van der Waals surface area contributed by atoms with Gasteiger partial charge in [0.05, 0.1) is 0 Å². The van der Waals surface area contributed by atoms with Crippen LogP contribution >= 0.6 is 0 Å². The van der Waals surface area contributed by atoms with E-state index in [2.05, 4.69) is 6.08 Å². The molecule has 1 heterocycles. The molecule has 0 saturated heterocycles. The molecule has 0 spiro atoms. The lowest BCUT2D eigenvalue weighted by Gasteiger charge is -2.08. The average molecular weight is 297 g/mol. The maximum Gasteiger partial charge on any atom is 0.303 e. The topological polar surface area (TPSA) is 64.2 Å². The van der Waals surface area contributed by atoms with E-state index >= 15 is 0 Å².